The quantitative estimate of drug-likeness (QED) is 0.258. The molecule has 4 N–H and O–H groups in total. The zero-order chi connectivity index (χ0) is 21.0. The van der Waals surface area contributed by atoms with Crippen LogP contribution in [0, 0.1) is 0 Å². The normalized spacial score (nSPS) is 10.5. The van der Waals surface area contributed by atoms with Crippen LogP contribution in [0.4, 0.5) is 9.59 Å². The number of hydrogen-bond acceptors (Lipinski definition) is 3. The first-order valence-electron chi connectivity index (χ1n) is 10.7. The molecule has 164 valence electrons. The van der Waals surface area contributed by atoms with E-state index in [0.29, 0.717) is 45.4 Å². The molecule has 28 heavy (non-hydrogen) atoms. The van der Waals surface area contributed by atoms with E-state index in [2.05, 4.69) is 17.6 Å². The van der Waals surface area contributed by atoms with Gasteiger partial charge in [-0.2, -0.15) is 0 Å². The van der Waals surface area contributed by atoms with Crippen LogP contribution in [0.1, 0.15) is 84.0 Å². The van der Waals surface area contributed by atoms with Crippen molar-refractivity contribution in [1.82, 2.24) is 15.5 Å². The fourth-order valence-electron chi connectivity index (χ4n) is 3.04. The number of unbranched alkanes of at least 4 members (excludes halogenated alkanes) is 8. The van der Waals surface area contributed by atoms with Gasteiger partial charge in [-0.15, -0.1) is 0 Å². The van der Waals surface area contributed by atoms with Gasteiger partial charge in [0.05, 0.1) is 0 Å². The van der Waals surface area contributed by atoms with Gasteiger partial charge in [-0.05, 0) is 19.3 Å². The maximum absolute atomic E-state index is 12.5. The summed E-state index contributed by atoms with van der Waals surface area (Å²) < 4.78 is 0. The van der Waals surface area contributed by atoms with Crippen LogP contribution < -0.4 is 10.6 Å². The molecule has 0 rings (SSSR count). The molecule has 0 aromatic rings. The van der Waals surface area contributed by atoms with E-state index in [1.807, 2.05) is 0 Å². The topological polar surface area (TPSA) is 119 Å². The van der Waals surface area contributed by atoms with Gasteiger partial charge in [0, 0.05) is 32.6 Å². The zero-order valence-electron chi connectivity index (χ0n) is 17.4. The fourth-order valence-corrected chi connectivity index (χ4v) is 3.04. The highest BCUT2D eigenvalue weighted by molar-refractivity contribution is 5.76. The number of amides is 3. The van der Waals surface area contributed by atoms with E-state index in [-0.39, 0.29) is 5.91 Å². The summed E-state index contributed by atoms with van der Waals surface area (Å²) in [5.74, 6) is 0.0635. The lowest BCUT2D eigenvalue weighted by molar-refractivity contribution is -0.131. The molecule has 0 aromatic heterocycles. The number of carbonyl (C=O) groups is 3. The monoisotopic (exact) mass is 401 g/mol. The standard InChI is InChI=1S/C20H39N3O5/c1-2-3-4-5-6-7-8-9-10-13-18(24)23(16-11-14-21-19(25)26)17-12-15-22-20(27)28/h21-22H,2-17H2,1H3,(H,25,26)(H,27,28). The van der Waals surface area contributed by atoms with Crippen LogP contribution in [-0.2, 0) is 4.79 Å². The second kappa shape index (κ2) is 18.4. The largest absolute Gasteiger partial charge is 0.465 e. The molecule has 0 spiro atoms. The van der Waals surface area contributed by atoms with Crippen molar-refractivity contribution in [2.24, 2.45) is 0 Å². The Morgan fingerprint density at radius 2 is 1.11 bits per heavy atom. The summed E-state index contributed by atoms with van der Waals surface area (Å²) >= 11 is 0. The predicted molar refractivity (Wildman–Crippen MR) is 110 cm³/mol. The molecule has 0 aromatic carbocycles. The van der Waals surface area contributed by atoms with Crippen LogP contribution in [0.3, 0.4) is 0 Å². The number of carboxylic acid groups (broad SMARTS) is 2. The average Bonchev–Trinajstić information content (AvgIpc) is 2.64. The lowest BCUT2D eigenvalue weighted by Gasteiger charge is -2.23. The molecule has 0 aliphatic rings. The Hall–Kier alpha value is -1.99. The second-order valence-corrected chi connectivity index (χ2v) is 7.13. The van der Waals surface area contributed by atoms with Gasteiger partial charge in [0.2, 0.25) is 5.91 Å². The highest BCUT2D eigenvalue weighted by Crippen LogP contribution is 2.11. The van der Waals surface area contributed by atoms with Gasteiger partial charge in [0.1, 0.15) is 0 Å². The van der Waals surface area contributed by atoms with Crippen LogP contribution in [-0.4, -0.2) is 59.4 Å². The van der Waals surface area contributed by atoms with Gasteiger partial charge < -0.3 is 25.7 Å². The third-order valence-corrected chi connectivity index (χ3v) is 4.61. The third kappa shape index (κ3) is 17.4. The number of rotatable bonds is 18. The summed E-state index contributed by atoms with van der Waals surface area (Å²) in [5, 5.41) is 21.8. The number of nitrogens with zero attached hydrogens (tertiary/aromatic N) is 1. The van der Waals surface area contributed by atoms with Crippen LogP contribution in [0.2, 0.25) is 0 Å². The Balaban J connectivity index is 4.01. The average molecular weight is 402 g/mol. The maximum Gasteiger partial charge on any atom is 0.404 e. The first kappa shape index (κ1) is 26.0. The van der Waals surface area contributed by atoms with Crippen LogP contribution in [0.5, 0.6) is 0 Å². The van der Waals surface area contributed by atoms with Gasteiger partial charge in [-0.3, -0.25) is 4.79 Å². The molecule has 0 atom stereocenters. The molecule has 0 aliphatic carbocycles. The van der Waals surface area contributed by atoms with Crippen molar-refractivity contribution in [3.8, 4) is 0 Å². The highest BCUT2D eigenvalue weighted by atomic mass is 16.4. The van der Waals surface area contributed by atoms with Crippen molar-refractivity contribution in [3.05, 3.63) is 0 Å². The van der Waals surface area contributed by atoms with E-state index in [1.54, 1.807) is 4.90 Å². The van der Waals surface area contributed by atoms with E-state index in [9.17, 15) is 14.4 Å². The molecule has 0 bridgehead atoms. The molecule has 0 fully saturated rings. The predicted octanol–water partition coefficient (Wildman–Crippen LogP) is 4.05. The molecule has 0 heterocycles. The van der Waals surface area contributed by atoms with E-state index < -0.39 is 12.2 Å². The van der Waals surface area contributed by atoms with Gasteiger partial charge in [-0.1, -0.05) is 58.3 Å². The van der Waals surface area contributed by atoms with Gasteiger partial charge in [0.15, 0.2) is 0 Å². The van der Waals surface area contributed by atoms with E-state index >= 15 is 0 Å². The van der Waals surface area contributed by atoms with Crippen LogP contribution in [0.15, 0.2) is 0 Å². The van der Waals surface area contributed by atoms with E-state index in [0.717, 1.165) is 19.3 Å². The molecule has 8 nitrogen and oxygen atoms in total. The summed E-state index contributed by atoms with van der Waals surface area (Å²) in [6.07, 6.45) is 10.2. The molecule has 3 amide bonds. The summed E-state index contributed by atoms with van der Waals surface area (Å²) in [5.41, 5.74) is 0. The molecular weight excluding hydrogens is 362 g/mol. The Morgan fingerprint density at radius 1 is 0.679 bits per heavy atom. The molecule has 0 unspecified atom stereocenters. The minimum atomic E-state index is -1.07. The van der Waals surface area contributed by atoms with Gasteiger partial charge in [0.25, 0.3) is 0 Å². The first-order valence-corrected chi connectivity index (χ1v) is 10.7. The van der Waals surface area contributed by atoms with E-state index in [1.165, 1.54) is 38.5 Å². The van der Waals surface area contributed by atoms with Crippen molar-refractivity contribution < 1.29 is 24.6 Å². The summed E-state index contributed by atoms with van der Waals surface area (Å²) in [6, 6.07) is 0. The number of nitrogens with one attached hydrogen (secondary N) is 2. The van der Waals surface area contributed by atoms with E-state index in [4.69, 9.17) is 10.2 Å². The lowest BCUT2D eigenvalue weighted by Crippen LogP contribution is -2.36. The Labute approximate surface area is 169 Å². The Kier molecular flexibility index (Phi) is 17.1. The highest BCUT2D eigenvalue weighted by Gasteiger charge is 2.13. The van der Waals surface area contributed by atoms with Crippen molar-refractivity contribution >= 4 is 18.1 Å². The lowest BCUT2D eigenvalue weighted by atomic mass is 10.1. The molecule has 0 aliphatic heterocycles. The minimum absolute atomic E-state index is 0.0635. The zero-order valence-corrected chi connectivity index (χ0v) is 17.4. The molecule has 0 radical (unpaired) electrons. The minimum Gasteiger partial charge on any atom is -0.465 e. The summed E-state index contributed by atoms with van der Waals surface area (Å²) in [6.45, 7) is 3.76. The van der Waals surface area contributed by atoms with Crippen molar-refractivity contribution in [3.63, 3.8) is 0 Å². The smallest absolute Gasteiger partial charge is 0.404 e. The third-order valence-electron chi connectivity index (χ3n) is 4.61. The fraction of sp³-hybridized carbons (Fsp3) is 0.850. The molecule has 8 heteroatoms. The van der Waals surface area contributed by atoms with Crippen LogP contribution >= 0.6 is 0 Å². The van der Waals surface area contributed by atoms with Crippen molar-refractivity contribution in [2.75, 3.05) is 26.2 Å². The Bertz CT molecular complexity index is 410. The second-order valence-electron chi connectivity index (χ2n) is 7.13. The first-order chi connectivity index (χ1) is 13.5. The summed E-state index contributed by atoms with van der Waals surface area (Å²) in [4.78, 5) is 35.2. The molecular formula is C20H39N3O5. The van der Waals surface area contributed by atoms with Crippen molar-refractivity contribution in [2.45, 2.75) is 84.0 Å². The number of hydrogen-bond donors (Lipinski definition) is 4. The molecule has 0 saturated carbocycles. The van der Waals surface area contributed by atoms with Gasteiger partial charge >= 0.3 is 12.2 Å². The maximum atomic E-state index is 12.5. The number of carbonyl (C=O) groups excluding carboxylic acids is 1. The van der Waals surface area contributed by atoms with Gasteiger partial charge in [-0.25, -0.2) is 9.59 Å². The molecule has 0 saturated heterocycles. The Morgan fingerprint density at radius 3 is 1.54 bits per heavy atom. The van der Waals surface area contributed by atoms with Crippen molar-refractivity contribution in [1.29, 1.82) is 0 Å². The SMILES string of the molecule is CCCCCCCCCCCC(=O)N(CCCNC(=O)O)CCCNC(=O)O. The summed E-state index contributed by atoms with van der Waals surface area (Å²) in [7, 11) is 0. The van der Waals surface area contributed by atoms with Crippen LogP contribution in [0.25, 0.3) is 0 Å².